The summed E-state index contributed by atoms with van der Waals surface area (Å²) >= 11 is 11.8. The monoisotopic (exact) mass is 364 g/mol. The van der Waals surface area contributed by atoms with E-state index in [2.05, 4.69) is 10.6 Å². The highest BCUT2D eigenvalue weighted by atomic mass is 35.5. The fourth-order valence-electron chi connectivity index (χ4n) is 1.88. The fourth-order valence-corrected chi connectivity index (χ4v) is 2.41. The summed E-state index contributed by atoms with van der Waals surface area (Å²) in [6, 6.07) is 11.6. The van der Waals surface area contributed by atoms with Gasteiger partial charge in [0.05, 0.1) is 0 Å². The lowest BCUT2D eigenvalue weighted by atomic mass is 9.95. The summed E-state index contributed by atoms with van der Waals surface area (Å²) in [6.07, 6.45) is 0. The van der Waals surface area contributed by atoms with E-state index in [-0.39, 0.29) is 11.8 Å². The molecule has 2 aromatic carbocycles. The molecule has 4 nitrogen and oxygen atoms in total. The van der Waals surface area contributed by atoms with Gasteiger partial charge in [-0.25, -0.2) is 0 Å². The molecule has 0 aromatic heterocycles. The van der Waals surface area contributed by atoms with Crippen molar-refractivity contribution in [3.63, 3.8) is 0 Å². The van der Waals surface area contributed by atoms with Crippen molar-refractivity contribution in [3.05, 3.63) is 58.1 Å². The minimum absolute atomic E-state index is 0.104. The minimum atomic E-state index is -0.503. The van der Waals surface area contributed by atoms with Gasteiger partial charge in [0.1, 0.15) is 0 Å². The summed E-state index contributed by atoms with van der Waals surface area (Å²) in [5.74, 6) is -0.439. The van der Waals surface area contributed by atoms with Crippen molar-refractivity contribution < 1.29 is 9.59 Å². The standard InChI is InChI=1S/C18H18Cl2N2O2/c1-18(2,3)17(24)22-15-6-4-5-14(10-15)21-16(23)11-7-12(19)9-13(20)8-11/h4-10H,1-3H3,(H,21,23)(H,22,24). The maximum atomic E-state index is 12.3. The van der Waals surface area contributed by atoms with E-state index in [1.807, 2.05) is 20.8 Å². The van der Waals surface area contributed by atoms with Gasteiger partial charge in [-0.3, -0.25) is 9.59 Å². The highest BCUT2D eigenvalue weighted by Gasteiger charge is 2.21. The molecule has 0 unspecified atom stereocenters. The van der Waals surface area contributed by atoms with Crippen LogP contribution in [-0.4, -0.2) is 11.8 Å². The molecule has 0 aliphatic heterocycles. The Kier molecular flexibility index (Phi) is 5.52. The Morgan fingerprint density at radius 3 is 1.96 bits per heavy atom. The van der Waals surface area contributed by atoms with E-state index in [0.717, 1.165) is 0 Å². The molecule has 126 valence electrons. The molecule has 2 N–H and O–H groups in total. The quantitative estimate of drug-likeness (QED) is 0.782. The number of amides is 2. The summed E-state index contributed by atoms with van der Waals surface area (Å²) in [6.45, 7) is 5.49. The van der Waals surface area contributed by atoms with Gasteiger partial charge >= 0.3 is 0 Å². The van der Waals surface area contributed by atoms with Crippen LogP contribution in [0.15, 0.2) is 42.5 Å². The van der Waals surface area contributed by atoms with Crippen LogP contribution in [0.5, 0.6) is 0 Å². The molecule has 2 aromatic rings. The van der Waals surface area contributed by atoms with Crippen LogP contribution in [-0.2, 0) is 4.79 Å². The zero-order chi connectivity index (χ0) is 17.9. The van der Waals surface area contributed by atoms with E-state index in [1.165, 1.54) is 12.1 Å². The third-order valence-corrected chi connectivity index (χ3v) is 3.62. The molecule has 0 radical (unpaired) electrons. The van der Waals surface area contributed by atoms with Crippen molar-refractivity contribution in [2.24, 2.45) is 5.41 Å². The number of rotatable bonds is 3. The Labute approximate surface area is 151 Å². The molecule has 2 rings (SSSR count). The Morgan fingerprint density at radius 1 is 0.875 bits per heavy atom. The first-order valence-corrected chi connectivity index (χ1v) is 8.10. The van der Waals surface area contributed by atoms with Crippen LogP contribution >= 0.6 is 23.2 Å². The third-order valence-electron chi connectivity index (χ3n) is 3.18. The molecule has 0 bridgehead atoms. The van der Waals surface area contributed by atoms with Crippen LogP contribution in [0, 0.1) is 5.41 Å². The van der Waals surface area contributed by atoms with Crippen LogP contribution < -0.4 is 10.6 Å². The van der Waals surface area contributed by atoms with Gasteiger partial charge in [0.25, 0.3) is 5.91 Å². The molecule has 0 saturated heterocycles. The molecule has 24 heavy (non-hydrogen) atoms. The Morgan fingerprint density at radius 2 is 1.42 bits per heavy atom. The van der Waals surface area contributed by atoms with Gasteiger partial charge in [-0.1, -0.05) is 50.0 Å². The minimum Gasteiger partial charge on any atom is -0.326 e. The molecule has 0 heterocycles. The van der Waals surface area contributed by atoms with Crippen LogP contribution in [0.1, 0.15) is 31.1 Å². The zero-order valence-electron chi connectivity index (χ0n) is 13.6. The van der Waals surface area contributed by atoms with E-state index in [4.69, 9.17) is 23.2 Å². The van der Waals surface area contributed by atoms with Crippen molar-refractivity contribution in [1.29, 1.82) is 0 Å². The van der Waals surface area contributed by atoms with E-state index in [9.17, 15) is 9.59 Å². The SMILES string of the molecule is CC(C)(C)C(=O)Nc1cccc(NC(=O)c2cc(Cl)cc(Cl)c2)c1. The number of halogens is 2. The lowest BCUT2D eigenvalue weighted by molar-refractivity contribution is -0.123. The summed E-state index contributed by atoms with van der Waals surface area (Å²) in [5.41, 5.74) is 1.02. The number of hydrogen-bond acceptors (Lipinski definition) is 2. The molecule has 0 fully saturated rings. The third kappa shape index (κ3) is 4.98. The average Bonchev–Trinajstić information content (AvgIpc) is 2.45. The zero-order valence-corrected chi connectivity index (χ0v) is 15.1. The van der Waals surface area contributed by atoms with E-state index < -0.39 is 5.41 Å². The van der Waals surface area contributed by atoms with E-state index >= 15 is 0 Å². The highest BCUT2D eigenvalue weighted by molar-refractivity contribution is 6.35. The summed E-state index contributed by atoms with van der Waals surface area (Å²) in [7, 11) is 0. The van der Waals surface area contributed by atoms with Gasteiger partial charge in [-0.15, -0.1) is 0 Å². The largest absolute Gasteiger partial charge is 0.326 e. The number of nitrogens with one attached hydrogen (secondary N) is 2. The first-order valence-electron chi connectivity index (χ1n) is 7.34. The maximum absolute atomic E-state index is 12.3. The predicted molar refractivity (Wildman–Crippen MR) is 98.9 cm³/mol. The van der Waals surface area contributed by atoms with Crippen LogP contribution in [0.25, 0.3) is 0 Å². The lowest BCUT2D eigenvalue weighted by Crippen LogP contribution is -2.27. The molecular weight excluding hydrogens is 347 g/mol. The van der Waals surface area contributed by atoms with Gasteiger partial charge in [-0.05, 0) is 36.4 Å². The van der Waals surface area contributed by atoms with Crippen LogP contribution in [0.4, 0.5) is 11.4 Å². The second-order valence-corrected chi connectivity index (χ2v) is 7.27. The second-order valence-electron chi connectivity index (χ2n) is 6.40. The molecular formula is C18H18Cl2N2O2. The summed E-state index contributed by atoms with van der Waals surface area (Å²) < 4.78 is 0. The molecule has 0 aliphatic rings. The number of anilines is 2. The average molecular weight is 365 g/mol. The molecule has 0 saturated carbocycles. The van der Waals surface area contributed by atoms with Gasteiger partial charge in [0.2, 0.25) is 5.91 Å². The summed E-state index contributed by atoms with van der Waals surface area (Å²) in [5, 5.41) is 6.35. The normalized spacial score (nSPS) is 11.0. The molecule has 0 spiro atoms. The molecule has 0 atom stereocenters. The maximum Gasteiger partial charge on any atom is 0.255 e. The number of carbonyl (C=O) groups is 2. The smallest absolute Gasteiger partial charge is 0.255 e. The molecule has 0 aliphatic carbocycles. The molecule has 6 heteroatoms. The predicted octanol–water partition coefficient (Wildman–Crippen LogP) is 5.23. The fraction of sp³-hybridized carbons (Fsp3) is 0.222. The van der Waals surface area contributed by atoms with Crippen molar-refractivity contribution in [2.45, 2.75) is 20.8 Å². The second kappa shape index (κ2) is 7.24. The number of hydrogen-bond donors (Lipinski definition) is 2. The van der Waals surface area contributed by atoms with Crippen molar-refractivity contribution in [2.75, 3.05) is 10.6 Å². The van der Waals surface area contributed by atoms with Gasteiger partial charge in [0.15, 0.2) is 0 Å². The topological polar surface area (TPSA) is 58.2 Å². The van der Waals surface area contributed by atoms with E-state index in [0.29, 0.717) is 27.0 Å². The molecule has 2 amide bonds. The van der Waals surface area contributed by atoms with Crippen molar-refractivity contribution >= 4 is 46.4 Å². The van der Waals surface area contributed by atoms with Crippen molar-refractivity contribution in [3.8, 4) is 0 Å². The van der Waals surface area contributed by atoms with Crippen LogP contribution in [0.2, 0.25) is 10.0 Å². The Bertz CT molecular complexity index is 763. The van der Waals surface area contributed by atoms with Gasteiger partial charge in [0, 0.05) is 32.4 Å². The lowest BCUT2D eigenvalue weighted by Gasteiger charge is -2.18. The van der Waals surface area contributed by atoms with Gasteiger partial charge in [-0.2, -0.15) is 0 Å². The first kappa shape index (κ1) is 18.3. The number of carbonyl (C=O) groups excluding carboxylic acids is 2. The summed E-state index contributed by atoms with van der Waals surface area (Å²) in [4.78, 5) is 24.3. The van der Waals surface area contributed by atoms with E-state index in [1.54, 1.807) is 30.3 Å². The van der Waals surface area contributed by atoms with Gasteiger partial charge < -0.3 is 10.6 Å². The highest BCUT2D eigenvalue weighted by Crippen LogP contribution is 2.22. The Balaban J connectivity index is 2.14. The first-order chi connectivity index (χ1) is 11.1. The van der Waals surface area contributed by atoms with Crippen molar-refractivity contribution in [1.82, 2.24) is 0 Å². The number of benzene rings is 2. The van der Waals surface area contributed by atoms with Crippen LogP contribution in [0.3, 0.4) is 0 Å². The Hall–Kier alpha value is -2.04.